The molecule has 1 aromatic carbocycles. The Morgan fingerprint density at radius 1 is 1.19 bits per heavy atom. The lowest BCUT2D eigenvalue weighted by Crippen LogP contribution is -2.25. The third-order valence-corrected chi connectivity index (χ3v) is 4.26. The average molecular weight is 365 g/mol. The summed E-state index contributed by atoms with van der Waals surface area (Å²) in [5.74, 6) is 0.391. The van der Waals surface area contributed by atoms with Crippen LogP contribution in [0.2, 0.25) is 0 Å². The molecule has 3 rings (SSSR count). The fourth-order valence-corrected chi connectivity index (χ4v) is 2.74. The monoisotopic (exact) mass is 365 g/mol. The SMILES string of the molecule is CN(C)CCNc1cc2c(cn1)cc(NC(=O)c1ccccc1)c(=O)n2C. The van der Waals surface area contributed by atoms with Crippen LogP contribution in [0.3, 0.4) is 0 Å². The second-order valence-electron chi connectivity index (χ2n) is 6.60. The number of anilines is 2. The van der Waals surface area contributed by atoms with Gasteiger partial charge in [0.1, 0.15) is 11.5 Å². The molecule has 0 atom stereocenters. The standard InChI is InChI=1S/C20H23N5O2/c1-24(2)10-9-21-18-12-17-15(13-22-18)11-16(20(27)25(17)3)23-19(26)14-7-5-4-6-8-14/h4-8,11-13H,9-10H2,1-3H3,(H,21,22)(H,23,26). The van der Waals surface area contributed by atoms with Gasteiger partial charge in [0.15, 0.2) is 0 Å². The molecule has 0 unspecified atom stereocenters. The van der Waals surface area contributed by atoms with Crippen molar-refractivity contribution in [3.8, 4) is 0 Å². The average Bonchev–Trinajstić information content (AvgIpc) is 2.66. The normalized spacial score (nSPS) is 11.0. The number of amides is 1. The molecule has 27 heavy (non-hydrogen) atoms. The van der Waals surface area contributed by atoms with Gasteiger partial charge >= 0.3 is 0 Å². The van der Waals surface area contributed by atoms with Gasteiger partial charge in [-0.3, -0.25) is 9.59 Å². The fraction of sp³-hybridized carbons (Fsp3) is 0.250. The van der Waals surface area contributed by atoms with Crippen LogP contribution in [0.4, 0.5) is 11.5 Å². The van der Waals surface area contributed by atoms with Gasteiger partial charge < -0.3 is 20.1 Å². The van der Waals surface area contributed by atoms with Crippen molar-refractivity contribution in [3.63, 3.8) is 0 Å². The minimum atomic E-state index is -0.318. The number of nitrogens with one attached hydrogen (secondary N) is 2. The highest BCUT2D eigenvalue weighted by Crippen LogP contribution is 2.18. The van der Waals surface area contributed by atoms with E-state index in [2.05, 4.69) is 20.5 Å². The van der Waals surface area contributed by atoms with Crippen molar-refractivity contribution in [1.29, 1.82) is 0 Å². The lowest BCUT2D eigenvalue weighted by Gasteiger charge is -2.13. The number of aromatic nitrogens is 2. The Morgan fingerprint density at radius 3 is 2.63 bits per heavy atom. The Kier molecular flexibility index (Phi) is 5.52. The number of nitrogens with zero attached hydrogens (tertiary/aromatic N) is 3. The molecule has 0 saturated carbocycles. The Labute approximate surface area is 157 Å². The summed E-state index contributed by atoms with van der Waals surface area (Å²) in [7, 11) is 5.70. The first kappa shape index (κ1) is 18.6. The maximum Gasteiger partial charge on any atom is 0.274 e. The quantitative estimate of drug-likeness (QED) is 0.700. The van der Waals surface area contributed by atoms with Crippen LogP contribution in [0.15, 0.2) is 53.5 Å². The molecule has 0 aliphatic carbocycles. The molecule has 2 aromatic heterocycles. The molecule has 0 saturated heterocycles. The summed E-state index contributed by atoms with van der Waals surface area (Å²) in [5, 5.41) is 6.72. The van der Waals surface area contributed by atoms with Crippen molar-refractivity contribution in [3.05, 3.63) is 64.6 Å². The van der Waals surface area contributed by atoms with Gasteiger partial charge in [0.25, 0.3) is 11.5 Å². The van der Waals surface area contributed by atoms with E-state index < -0.39 is 0 Å². The van der Waals surface area contributed by atoms with Gasteiger partial charge in [-0.2, -0.15) is 0 Å². The molecule has 3 aromatic rings. The number of benzene rings is 1. The van der Waals surface area contributed by atoms with E-state index in [0.29, 0.717) is 11.4 Å². The molecule has 1 amide bonds. The molecule has 0 radical (unpaired) electrons. The highest BCUT2D eigenvalue weighted by Gasteiger charge is 2.12. The zero-order chi connectivity index (χ0) is 19.4. The summed E-state index contributed by atoms with van der Waals surface area (Å²) < 4.78 is 1.52. The molecular weight excluding hydrogens is 342 g/mol. The first-order chi connectivity index (χ1) is 13.0. The van der Waals surface area contributed by atoms with Crippen LogP contribution in [0.5, 0.6) is 0 Å². The van der Waals surface area contributed by atoms with Crippen molar-refractivity contribution in [2.45, 2.75) is 0 Å². The van der Waals surface area contributed by atoms with E-state index in [0.717, 1.165) is 24.0 Å². The molecule has 0 bridgehead atoms. The maximum absolute atomic E-state index is 12.7. The van der Waals surface area contributed by atoms with Crippen LogP contribution < -0.4 is 16.2 Å². The van der Waals surface area contributed by atoms with Crippen LogP contribution in [0.25, 0.3) is 10.9 Å². The number of pyridine rings is 2. The zero-order valence-corrected chi connectivity index (χ0v) is 15.7. The second kappa shape index (κ2) is 8.01. The van der Waals surface area contributed by atoms with Crippen LogP contribution in [-0.2, 0) is 7.05 Å². The molecular formula is C20H23N5O2. The molecule has 7 heteroatoms. The number of aryl methyl sites for hydroxylation is 1. The van der Waals surface area contributed by atoms with Crippen molar-refractivity contribution < 1.29 is 4.79 Å². The Bertz CT molecular complexity index is 1010. The minimum absolute atomic E-state index is 0.231. The van der Waals surface area contributed by atoms with Crippen molar-refractivity contribution in [2.75, 3.05) is 37.8 Å². The fourth-order valence-electron chi connectivity index (χ4n) is 2.74. The number of likely N-dealkylation sites (N-methyl/N-ethyl adjacent to an activating group) is 1. The topological polar surface area (TPSA) is 79.3 Å². The summed E-state index contributed by atoms with van der Waals surface area (Å²) in [4.78, 5) is 31.5. The Balaban J connectivity index is 1.87. The molecule has 0 spiro atoms. The van der Waals surface area contributed by atoms with E-state index in [4.69, 9.17) is 0 Å². The largest absolute Gasteiger partial charge is 0.369 e. The van der Waals surface area contributed by atoms with E-state index in [1.165, 1.54) is 4.57 Å². The zero-order valence-electron chi connectivity index (χ0n) is 15.7. The lowest BCUT2D eigenvalue weighted by molar-refractivity contribution is 0.102. The number of fused-ring (bicyclic) bond motifs is 1. The molecule has 2 N–H and O–H groups in total. The molecule has 0 aliphatic heterocycles. The maximum atomic E-state index is 12.7. The third-order valence-electron chi connectivity index (χ3n) is 4.26. The van der Waals surface area contributed by atoms with E-state index in [-0.39, 0.29) is 17.2 Å². The minimum Gasteiger partial charge on any atom is -0.369 e. The van der Waals surface area contributed by atoms with E-state index in [1.54, 1.807) is 43.6 Å². The Hall–Kier alpha value is -3.19. The van der Waals surface area contributed by atoms with Crippen molar-refractivity contribution in [1.82, 2.24) is 14.5 Å². The number of hydrogen-bond acceptors (Lipinski definition) is 5. The van der Waals surface area contributed by atoms with Gasteiger partial charge in [-0.1, -0.05) is 18.2 Å². The Morgan fingerprint density at radius 2 is 1.93 bits per heavy atom. The number of carbonyl (C=O) groups is 1. The highest BCUT2D eigenvalue weighted by molar-refractivity contribution is 6.04. The second-order valence-corrected chi connectivity index (χ2v) is 6.60. The predicted molar refractivity (Wildman–Crippen MR) is 108 cm³/mol. The third kappa shape index (κ3) is 4.32. The summed E-state index contributed by atoms with van der Waals surface area (Å²) in [6.45, 7) is 1.63. The van der Waals surface area contributed by atoms with E-state index >= 15 is 0 Å². The highest BCUT2D eigenvalue weighted by atomic mass is 16.2. The predicted octanol–water partition coefficient (Wildman–Crippen LogP) is 2.16. The summed E-state index contributed by atoms with van der Waals surface area (Å²) >= 11 is 0. The summed E-state index contributed by atoms with van der Waals surface area (Å²) in [5.41, 5.74) is 1.21. The van der Waals surface area contributed by atoms with Crippen molar-refractivity contribution in [2.24, 2.45) is 7.05 Å². The number of rotatable bonds is 6. The molecule has 0 fully saturated rings. The lowest BCUT2D eigenvalue weighted by atomic mass is 10.2. The van der Waals surface area contributed by atoms with Gasteiger partial charge in [0, 0.05) is 43.4 Å². The van der Waals surface area contributed by atoms with Gasteiger partial charge in [-0.15, -0.1) is 0 Å². The van der Waals surface area contributed by atoms with Gasteiger partial charge in [0.05, 0.1) is 5.52 Å². The van der Waals surface area contributed by atoms with Crippen LogP contribution in [-0.4, -0.2) is 47.5 Å². The first-order valence-electron chi connectivity index (χ1n) is 8.70. The molecule has 2 heterocycles. The number of carbonyl (C=O) groups excluding carboxylic acids is 1. The van der Waals surface area contributed by atoms with Crippen LogP contribution in [0.1, 0.15) is 10.4 Å². The van der Waals surface area contributed by atoms with Crippen LogP contribution in [0, 0.1) is 0 Å². The molecule has 0 aliphatic rings. The van der Waals surface area contributed by atoms with Gasteiger partial charge in [-0.05, 0) is 32.3 Å². The van der Waals surface area contributed by atoms with Crippen molar-refractivity contribution >= 4 is 28.3 Å². The summed E-state index contributed by atoms with van der Waals surface area (Å²) in [6, 6.07) is 12.3. The van der Waals surface area contributed by atoms with Gasteiger partial charge in [0.2, 0.25) is 0 Å². The van der Waals surface area contributed by atoms with Crippen LogP contribution >= 0.6 is 0 Å². The number of hydrogen-bond donors (Lipinski definition) is 2. The molecule has 7 nitrogen and oxygen atoms in total. The molecule has 140 valence electrons. The first-order valence-corrected chi connectivity index (χ1v) is 8.70. The van der Waals surface area contributed by atoms with E-state index in [9.17, 15) is 9.59 Å². The summed E-state index contributed by atoms with van der Waals surface area (Å²) in [6.07, 6.45) is 1.70. The van der Waals surface area contributed by atoms with E-state index in [1.807, 2.05) is 26.2 Å². The van der Waals surface area contributed by atoms with Gasteiger partial charge in [-0.25, -0.2) is 4.98 Å². The smallest absolute Gasteiger partial charge is 0.274 e.